The van der Waals surface area contributed by atoms with Gasteiger partial charge >= 0.3 is 0 Å². The standard InChI is InChI=1S/C12H21NOS/c1-12(2,3)6-11(8-14)13-7-10-4-5-15-9-10/h4-5,9,11,13-14H,6-8H2,1-3H3. The van der Waals surface area contributed by atoms with Crippen molar-refractivity contribution in [3.8, 4) is 0 Å². The second-order valence-electron chi connectivity index (χ2n) is 5.16. The maximum atomic E-state index is 9.26. The van der Waals surface area contributed by atoms with Gasteiger partial charge in [0.05, 0.1) is 6.61 Å². The predicted molar refractivity (Wildman–Crippen MR) is 66.1 cm³/mol. The van der Waals surface area contributed by atoms with Crippen LogP contribution < -0.4 is 5.32 Å². The average Bonchev–Trinajstić information content (AvgIpc) is 2.62. The minimum atomic E-state index is 0.199. The predicted octanol–water partition coefficient (Wildman–Crippen LogP) is 2.63. The lowest BCUT2D eigenvalue weighted by Crippen LogP contribution is -2.35. The molecule has 2 N–H and O–H groups in total. The van der Waals surface area contributed by atoms with E-state index in [1.807, 2.05) is 0 Å². The van der Waals surface area contributed by atoms with Crippen LogP contribution in [-0.2, 0) is 6.54 Å². The van der Waals surface area contributed by atoms with Crippen LogP contribution in [0.4, 0.5) is 0 Å². The van der Waals surface area contributed by atoms with E-state index in [0.29, 0.717) is 0 Å². The van der Waals surface area contributed by atoms with Crippen molar-refractivity contribution in [2.24, 2.45) is 5.41 Å². The maximum absolute atomic E-state index is 9.26. The van der Waals surface area contributed by atoms with Crippen LogP contribution in [0.2, 0.25) is 0 Å². The summed E-state index contributed by atoms with van der Waals surface area (Å²) in [4.78, 5) is 0. The van der Waals surface area contributed by atoms with Gasteiger partial charge in [0.2, 0.25) is 0 Å². The zero-order valence-electron chi connectivity index (χ0n) is 9.79. The lowest BCUT2D eigenvalue weighted by molar-refractivity contribution is 0.198. The Morgan fingerprint density at radius 3 is 2.67 bits per heavy atom. The molecule has 0 saturated carbocycles. The fourth-order valence-electron chi connectivity index (χ4n) is 1.60. The van der Waals surface area contributed by atoms with Crippen LogP contribution in [0, 0.1) is 5.41 Å². The number of rotatable bonds is 5. The Morgan fingerprint density at radius 2 is 2.20 bits per heavy atom. The van der Waals surface area contributed by atoms with Crippen molar-refractivity contribution in [1.29, 1.82) is 0 Å². The highest BCUT2D eigenvalue weighted by molar-refractivity contribution is 7.07. The van der Waals surface area contributed by atoms with Crippen molar-refractivity contribution >= 4 is 11.3 Å². The van der Waals surface area contributed by atoms with Crippen molar-refractivity contribution in [3.63, 3.8) is 0 Å². The average molecular weight is 227 g/mol. The molecule has 86 valence electrons. The van der Waals surface area contributed by atoms with Crippen LogP contribution in [0.5, 0.6) is 0 Å². The molecule has 0 amide bonds. The van der Waals surface area contributed by atoms with Crippen molar-refractivity contribution in [2.45, 2.75) is 39.8 Å². The van der Waals surface area contributed by atoms with Crippen molar-refractivity contribution in [1.82, 2.24) is 5.32 Å². The first-order chi connectivity index (χ1) is 7.01. The molecule has 0 saturated heterocycles. The van der Waals surface area contributed by atoms with Gasteiger partial charge in [-0.15, -0.1) is 0 Å². The molecule has 3 heteroatoms. The van der Waals surface area contributed by atoms with Crippen LogP contribution >= 0.6 is 11.3 Å². The fourth-order valence-corrected chi connectivity index (χ4v) is 2.26. The van der Waals surface area contributed by atoms with E-state index in [0.717, 1.165) is 13.0 Å². The van der Waals surface area contributed by atoms with E-state index < -0.39 is 0 Å². The molecule has 1 heterocycles. The summed E-state index contributed by atoms with van der Waals surface area (Å²) < 4.78 is 0. The molecule has 0 aliphatic carbocycles. The highest BCUT2D eigenvalue weighted by atomic mass is 32.1. The summed E-state index contributed by atoms with van der Waals surface area (Å²) in [6.07, 6.45) is 0.994. The summed E-state index contributed by atoms with van der Waals surface area (Å²) in [6.45, 7) is 7.65. The first kappa shape index (κ1) is 12.7. The largest absolute Gasteiger partial charge is 0.395 e. The summed E-state index contributed by atoms with van der Waals surface area (Å²) in [5.74, 6) is 0. The van der Waals surface area contributed by atoms with E-state index >= 15 is 0 Å². The number of hydrogen-bond acceptors (Lipinski definition) is 3. The lowest BCUT2D eigenvalue weighted by atomic mass is 9.88. The Hall–Kier alpha value is -0.380. The monoisotopic (exact) mass is 227 g/mol. The number of aliphatic hydroxyl groups excluding tert-OH is 1. The van der Waals surface area contributed by atoms with Gasteiger partial charge < -0.3 is 10.4 Å². The van der Waals surface area contributed by atoms with Gasteiger partial charge in [-0.3, -0.25) is 0 Å². The van der Waals surface area contributed by atoms with Crippen molar-refractivity contribution in [2.75, 3.05) is 6.61 Å². The molecule has 0 aromatic carbocycles. The molecule has 15 heavy (non-hydrogen) atoms. The second kappa shape index (κ2) is 5.64. The molecule has 0 aliphatic heterocycles. The minimum Gasteiger partial charge on any atom is -0.395 e. The Bertz CT molecular complexity index is 264. The fraction of sp³-hybridized carbons (Fsp3) is 0.667. The number of aliphatic hydroxyl groups is 1. The van der Waals surface area contributed by atoms with Crippen LogP contribution in [0.3, 0.4) is 0 Å². The summed E-state index contributed by atoms with van der Waals surface area (Å²) >= 11 is 1.71. The Labute approximate surface area is 96.3 Å². The van der Waals surface area contributed by atoms with Gasteiger partial charge in [-0.2, -0.15) is 11.3 Å². The van der Waals surface area contributed by atoms with E-state index in [9.17, 15) is 5.11 Å². The third-order valence-electron chi connectivity index (χ3n) is 2.25. The summed E-state index contributed by atoms with van der Waals surface area (Å²) in [7, 11) is 0. The maximum Gasteiger partial charge on any atom is 0.0584 e. The van der Waals surface area contributed by atoms with Gasteiger partial charge in [-0.25, -0.2) is 0 Å². The summed E-state index contributed by atoms with van der Waals surface area (Å²) in [6, 6.07) is 2.31. The van der Waals surface area contributed by atoms with Gasteiger partial charge in [0.25, 0.3) is 0 Å². The Kier molecular flexibility index (Phi) is 4.77. The lowest BCUT2D eigenvalue weighted by Gasteiger charge is -2.25. The highest BCUT2D eigenvalue weighted by Gasteiger charge is 2.17. The summed E-state index contributed by atoms with van der Waals surface area (Å²) in [5.41, 5.74) is 1.56. The Balaban J connectivity index is 2.34. The van der Waals surface area contributed by atoms with Gasteiger partial charge in [0.1, 0.15) is 0 Å². The van der Waals surface area contributed by atoms with E-state index in [1.54, 1.807) is 11.3 Å². The van der Waals surface area contributed by atoms with E-state index in [4.69, 9.17) is 0 Å². The van der Waals surface area contributed by atoms with Crippen LogP contribution in [0.1, 0.15) is 32.8 Å². The Morgan fingerprint density at radius 1 is 1.47 bits per heavy atom. The number of thiophene rings is 1. The highest BCUT2D eigenvalue weighted by Crippen LogP contribution is 2.20. The molecule has 1 aromatic heterocycles. The molecule has 2 nitrogen and oxygen atoms in total. The third-order valence-corrected chi connectivity index (χ3v) is 2.99. The first-order valence-electron chi connectivity index (χ1n) is 5.36. The van der Waals surface area contributed by atoms with E-state index in [2.05, 4.69) is 42.9 Å². The second-order valence-corrected chi connectivity index (χ2v) is 5.94. The molecule has 1 rings (SSSR count). The van der Waals surface area contributed by atoms with Crippen molar-refractivity contribution in [3.05, 3.63) is 22.4 Å². The SMILES string of the molecule is CC(C)(C)CC(CO)NCc1ccsc1. The third kappa shape index (κ3) is 5.30. The molecule has 1 atom stereocenters. The zero-order valence-corrected chi connectivity index (χ0v) is 10.6. The first-order valence-corrected chi connectivity index (χ1v) is 6.31. The topological polar surface area (TPSA) is 32.3 Å². The van der Waals surface area contributed by atoms with Gasteiger partial charge in [-0.05, 0) is 34.2 Å². The smallest absolute Gasteiger partial charge is 0.0584 e. The molecule has 0 aliphatic rings. The molecule has 0 spiro atoms. The molecule has 0 bridgehead atoms. The molecule has 0 fully saturated rings. The molecular weight excluding hydrogens is 206 g/mol. The van der Waals surface area contributed by atoms with Crippen LogP contribution in [0.15, 0.2) is 16.8 Å². The molecule has 0 radical (unpaired) electrons. The van der Waals surface area contributed by atoms with Crippen LogP contribution in [-0.4, -0.2) is 17.8 Å². The van der Waals surface area contributed by atoms with Gasteiger partial charge in [-0.1, -0.05) is 20.8 Å². The minimum absolute atomic E-state index is 0.199. The van der Waals surface area contributed by atoms with E-state index in [1.165, 1.54) is 5.56 Å². The van der Waals surface area contributed by atoms with E-state index in [-0.39, 0.29) is 18.1 Å². The van der Waals surface area contributed by atoms with Crippen molar-refractivity contribution < 1.29 is 5.11 Å². The van der Waals surface area contributed by atoms with Gasteiger partial charge in [0.15, 0.2) is 0 Å². The zero-order chi connectivity index (χ0) is 11.3. The number of nitrogens with one attached hydrogen (secondary N) is 1. The van der Waals surface area contributed by atoms with Crippen LogP contribution in [0.25, 0.3) is 0 Å². The normalized spacial score (nSPS) is 14.1. The molecular formula is C12H21NOS. The number of hydrogen-bond donors (Lipinski definition) is 2. The summed E-state index contributed by atoms with van der Waals surface area (Å²) in [5, 5.41) is 16.9. The molecule has 1 unspecified atom stereocenters. The quantitative estimate of drug-likeness (QED) is 0.810. The molecule has 1 aromatic rings. The van der Waals surface area contributed by atoms with Gasteiger partial charge in [0, 0.05) is 12.6 Å².